The number of fused-ring (bicyclic) bond motifs is 3. The van der Waals surface area contributed by atoms with Crippen LogP contribution in [0.2, 0.25) is 5.02 Å². The molecule has 1 saturated carbocycles. The topological polar surface area (TPSA) is 203 Å². The minimum Gasteiger partial charge on any atom is -0.508 e. The molecule has 13 nitrogen and oxygen atoms in total. The van der Waals surface area contributed by atoms with E-state index in [1.54, 1.807) is 37.2 Å². The highest BCUT2D eigenvalue weighted by molar-refractivity contribution is 6.30. The van der Waals surface area contributed by atoms with Crippen LogP contribution in [0.1, 0.15) is 23.1 Å². The molecule has 4 atom stereocenters. The fourth-order valence-corrected chi connectivity index (χ4v) is 6.82. The van der Waals surface area contributed by atoms with Crippen LogP contribution in [-0.4, -0.2) is 88.7 Å². The Kier molecular flexibility index (Phi) is 8.06. The molecule has 0 aliphatic heterocycles. The van der Waals surface area contributed by atoms with Gasteiger partial charge in [-0.2, -0.15) is 0 Å². The van der Waals surface area contributed by atoms with E-state index in [2.05, 4.69) is 5.32 Å². The number of aromatic hydroxyl groups is 1. The molecule has 0 aromatic heterocycles. The van der Waals surface area contributed by atoms with Crippen LogP contribution in [-0.2, 0) is 27.3 Å². The maximum Gasteiger partial charge on any atom is 0.412 e. The number of nitrogens with two attached hydrogens (primary N) is 1. The quantitative estimate of drug-likeness (QED) is 0.252. The van der Waals surface area contributed by atoms with Gasteiger partial charge in [0.15, 0.2) is 11.4 Å². The minimum atomic E-state index is -2.74. The first-order valence-corrected chi connectivity index (χ1v) is 14.4. The number of ketones is 2. The average Bonchev–Trinajstić information content (AvgIpc) is 2.95. The Bertz CT molecular complexity index is 1700. The fraction of sp³-hybridized carbons (Fsp3) is 0.355. The molecule has 0 bridgehead atoms. The lowest BCUT2D eigenvalue weighted by Gasteiger charge is -2.50. The Balaban J connectivity index is 1.57. The molecule has 3 aliphatic carbocycles. The number of rotatable bonds is 6. The molecule has 5 rings (SSSR count). The molecule has 14 heteroatoms. The Labute approximate surface area is 263 Å². The second-order valence-corrected chi connectivity index (χ2v) is 12.2. The van der Waals surface area contributed by atoms with Gasteiger partial charge in [-0.15, -0.1) is 0 Å². The molecule has 3 aliphatic rings. The first-order valence-electron chi connectivity index (χ1n) is 14.0. The number of primary amides is 1. The number of carbonyl (C=O) groups is 4. The van der Waals surface area contributed by atoms with Crippen molar-refractivity contribution in [3.05, 3.63) is 69.0 Å². The molecule has 4 unspecified atom stereocenters. The third kappa shape index (κ3) is 5.06. The highest BCUT2D eigenvalue weighted by Crippen LogP contribution is 2.54. The molecule has 2 amide bonds. The third-order valence-electron chi connectivity index (χ3n) is 8.71. The van der Waals surface area contributed by atoms with Crippen molar-refractivity contribution in [2.24, 2.45) is 17.6 Å². The summed E-state index contributed by atoms with van der Waals surface area (Å²) in [4.78, 5) is 55.2. The highest BCUT2D eigenvalue weighted by Gasteiger charge is 2.64. The highest BCUT2D eigenvalue weighted by atomic mass is 35.5. The normalized spacial score (nSPS) is 24.2. The van der Waals surface area contributed by atoms with Crippen LogP contribution in [0, 0.1) is 11.8 Å². The molecule has 0 heterocycles. The molecule has 0 radical (unpaired) electrons. The van der Waals surface area contributed by atoms with Crippen LogP contribution in [0.4, 0.5) is 10.5 Å². The Hall–Kier alpha value is -4.59. The van der Waals surface area contributed by atoms with Crippen LogP contribution in [0.15, 0.2) is 47.2 Å². The van der Waals surface area contributed by atoms with Gasteiger partial charge < -0.3 is 41.1 Å². The van der Waals surface area contributed by atoms with Crippen LogP contribution in [0.3, 0.4) is 0 Å². The van der Waals surface area contributed by atoms with Gasteiger partial charge in [0.1, 0.15) is 28.6 Å². The number of benzene rings is 2. The molecule has 1 fully saturated rings. The van der Waals surface area contributed by atoms with E-state index in [1.165, 1.54) is 31.1 Å². The number of phenolic OH excluding ortho intramolecular Hbond substituents is 1. The van der Waals surface area contributed by atoms with Crippen molar-refractivity contribution in [3.63, 3.8) is 0 Å². The summed E-state index contributed by atoms with van der Waals surface area (Å²) in [6.07, 6.45) is -0.727. The maximum atomic E-state index is 14.1. The van der Waals surface area contributed by atoms with E-state index < -0.39 is 69.9 Å². The van der Waals surface area contributed by atoms with Gasteiger partial charge in [-0.3, -0.25) is 19.3 Å². The van der Waals surface area contributed by atoms with Gasteiger partial charge in [-0.25, -0.2) is 4.79 Å². The Morgan fingerprint density at radius 3 is 2.33 bits per heavy atom. The number of amides is 2. The van der Waals surface area contributed by atoms with Crippen LogP contribution in [0.25, 0.3) is 5.76 Å². The van der Waals surface area contributed by atoms with Crippen LogP contribution < -0.4 is 20.7 Å². The average molecular weight is 641 g/mol. The number of nitrogens with one attached hydrogen (secondary N) is 1. The van der Waals surface area contributed by atoms with Crippen molar-refractivity contribution in [2.75, 3.05) is 33.1 Å². The summed E-state index contributed by atoms with van der Waals surface area (Å²) in [6, 6.07) is 6.57. The molecule has 2 aromatic rings. The molecule has 45 heavy (non-hydrogen) atoms. The summed E-state index contributed by atoms with van der Waals surface area (Å²) in [5.74, 6) is -7.10. The molecule has 0 saturated heterocycles. The number of hydrogen-bond donors (Lipinski definition) is 6. The number of hydrogen-bond acceptors (Lipinski definition) is 11. The number of ether oxygens (including phenoxy) is 1. The zero-order chi connectivity index (χ0) is 33.1. The van der Waals surface area contributed by atoms with Crippen molar-refractivity contribution in [1.82, 2.24) is 10.2 Å². The second kappa shape index (κ2) is 11.4. The summed E-state index contributed by atoms with van der Waals surface area (Å²) in [5, 5.41) is 48.8. The molecule has 2 aromatic carbocycles. The number of carbonyl (C=O) groups excluding carboxylic acids is 4. The number of phenols is 1. The van der Waals surface area contributed by atoms with Crippen molar-refractivity contribution >= 4 is 46.6 Å². The van der Waals surface area contributed by atoms with E-state index in [0.717, 1.165) is 0 Å². The Morgan fingerprint density at radius 1 is 1.11 bits per heavy atom. The lowest BCUT2D eigenvalue weighted by molar-refractivity contribution is -0.153. The standard InChI is InChI=1S/C31H33ClN4O9/c1-35(2)19-11-14(12-34-30(43)45-16-7-5-15(32)6-8-16)24(37)21-17(19)9-13-10-18-23(36(3)4)26(39)22(29(33)42)28(41)31(18,44)27(40)20(13)25(21)38/h5-8,11,13,18,23,37-38,41,44H,9-10,12H2,1-4H3,(H2,33,42)(H,34,43). The Morgan fingerprint density at radius 2 is 1.76 bits per heavy atom. The number of aliphatic hydroxyl groups excluding tert-OH is 2. The van der Waals surface area contributed by atoms with Crippen molar-refractivity contribution in [1.29, 1.82) is 0 Å². The second-order valence-electron chi connectivity index (χ2n) is 11.8. The predicted molar refractivity (Wildman–Crippen MR) is 163 cm³/mol. The smallest absolute Gasteiger partial charge is 0.412 e. The lowest BCUT2D eigenvalue weighted by atomic mass is 9.57. The first kappa shape index (κ1) is 31.8. The number of nitrogens with zero attached hydrogens (tertiary/aromatic N) is 2. The van der Waals surface area contributed by atoms with E-state index in [4.69, 9.17) is 22.1 Å². The zero-order valence-corrected chi connectivity index (χ0v) is 25.7. The number of aliphatic hydroxyl groups is 3. The van der Waals surface area contributed by atoms with Gasteiger partial charge in [0.05, 0.1) is 11.6 Å². The van der Waals surface area contributed by atoms with Gasteiger partial charge >= 0.3 is 6.09 Å². The largest absolute Gasteiger partial charge is 0.508 e. The molecule has 0 spiro atoms. The van der Waals surface area contributed by atoms with Crippen molar-refractivity contribution in [2.45, 2.75) is 31.0 Å². The lowest BCUT2D eigenvalue weighted by Crippen LogP contribution is -2.65. The minimum absolute atomic E-state index is 0.0285. The molecular weight excluding hydrogens is 608 g/mol. The number of anilines is 1. The van der Waals surface area contributed by atoms with Gasteiger partial charge in [0, 0.05) is 48.4 Å². The van der Waals surface area contributed by atoms with E-state index in [-0.39, 0.29) is 41.8 Å². The summed E-state index contributed by atoms with van der Waals surface area (Å²) < 4.78 is 5.24. The van der Waals surface area contributed by atoms with Crippen LogP contribution >= 0.6 is 11.6 Å². The van der Waals surface area contributed by atoms with Gasteiger partial charge in [-0.05, 0) is 68.8 Å². The third-order valence-corrected chi connectivity index (χ3v) is 8.96. The monoisotopic (exact) mass is 640 g/mol. The van der Waals surface area contributed by atoms with E-state index in [1.807, 2.05) is 0 Å². The van der Waals surface area contributed by atoms with Gasteiger partial charge in [0.25, 0.3) is 5.91 Å². The summed E-state index contributed by atoms with van der Waals surface area (Å²) in [5.41, 5.74) is 2.66. The summed E-state index contributed by atoms with van der Waals surface area (Å²) in [7, 11) is 6.57. The van der Waals surface area contributed by atoms with E-state index >= 15 is 0 Å². The van der Waals surface area contributed by atoms with E-state index in [0.29, 0.717) is 16.3 Å². The SMILES string of the molecule is CN(C)c1cc(CNC(=O)Oc2ccc(Cl)cc2)c(O)c2c1CC1CC3C(N(C)C)C(=O)C(C(N)=O)=C(O)C3(O)C(=O)C1=C2O. The predicted octanol–water partition coefficient (Wildman–Crippen LogP) is 1.97. The van der Waals surface area contributed by atoms with Crippen molar-refractivity contribution in [3.8, 4) is 11.5 Å². The summed E-state index contributed by atoms with van der Waals surface area (Å²) in [6.45, 7) is -0.226. The maximum absolute atomic E-state index is 14.1. The zero-order valence-electron chi connectivity index (χ0n) is 24.9. The number of Topliss-reactive ketones (excluding diaryl/α,β-unsaturated/α-hetero) is 2. The number of halogens is 1. The fourth-order valence-electron chi connectivity index (χ4n) is 6.69. The first-order chi connectivity index (χ1) is 21.1. The van der Waals surface area contributed by atoms with E-state index in [9.17, 15) is 39.6 Å². The van der Waals surface area contributed by atoms with Gasteiger partial charge in [0.2, 0.25) is 5.78 Å². The van der Waals surface area contributed by atoms with Crippen LogP contribution in [0.5, 0.6) is 11.5 Å². The number of likely N-dealkylation sites (N-methyl/N-ethyl adjacent to an activating group) is 1. The molecule has 238 valence electrons. The molecular formula is C31H33ClN4O9. The van der Waals surface area contributed by atoms with Crippen molar-refractivity contribution < 1.29 is 44.3 Å². The van der Waals surface area contributed by atoms with Gasteiger partial charge in [-0.1, -0.05) is 11.6 Å². The summed E-state index contributed by atoms with van der Waals surface area (Å²) >= 11 is 5.87. The molecule has 7 N–H and O–H groups in total.